The first-order valence-corrected chi connectivity index (χ1v) is 30.7. The maximum Gasteiger partial charge on any atom is 0.164 e. The van der Waals surface area contributed by atoms with Crippen LogP contribution in [-0.4, -0.2) is 28.7 Å². The van der Waals surface area contributed by atoms with Crippen LogP contribution in [0.25, 0.3) is 177 Å². The Morgan fingerprint density at radius 3 is 0.940 bits per heavy atom. The van der Waals surface area contributed by atoms with Crippen molar-refractivity contribution in [2.45, 2.75) is 0 Å². The minimum absolute atomic E-state index is 0.595. The van der Waals surface area contributed by atoms with Crippen LogP contribution in [0, 0.1) is 0 Å². The van der Waals surface area contributed by atoms with Crippen molar-refractivity contribution in [3.8, 4) is 51.2 Å². The van der Waals surface area contributed by atoms with Crippen molar-refractivity contribution in [1.82, 2.24) is 28.7 Å². The Balaban J connectivity index is 0.816. The molecular weight excluding hydrogens is 1080 g/mol. The molecule has 7 heterocycles. The molecule has 0 saturated carbocycles. The molecule has 0 bridgehead atoms. The first-order chi connectivity index (χ1) is 41.6. The first-order valence-electron chi connectivity index (χ1n) is 28.2. The maximum atomic E-state index is 5.48. The van der Waals surface area contributed by atoms with Gasteiger partial charge in [-0.2, -0.15) is 0 Å². The highest BCUT2D eigenvalue weighted by molar-refractivity contribution is 7.27. The quantitative estimate of drug-likeness (QED) is 0.167. The summed E-state index contributed by atoms with van der Waals surface area (Å²) in [6.07, 6.45) is 0. The number of fused-ring (bicyclic) bond motifs is 21. The van der Waals surface area contributed by atoms with Gasteiger partial charge in [-0.25, -0.2) is 15.0 Å². The topological polar surface area (TPSA) is 53.5 Å². The highest BCUT2D eigenvalue weighted by atomic mass is 32.1. The lowest BCUT2D eigenvalue weighted by atomic mass is 10.1. The lowest BCUT2D eigenvalue weighted by molar-refractivity contribution is 1.07. The van der Waals surface area contributed by atoms with E-state index in [1.807, 2.05) is 34.0 Å². The molecule has 0 unspecified atom stereocenters. The van der Waals surface area contributed by atoms with Gasteiger partial charge >= 0.3 is 0 Å². The van der Waals surface area contributed by atoms with E-state index in [-0.39, 0.29) is 0 Å². The fourth-order valence-corrected chi connectivity index (χ4v) is 17.3. The second kappa shape index (κ2) is 17.6. The van der Waals surface area contributed by atoms with Crippen LogP contribution in [0.2, 0.25) is 0 Å². The predicted molar refractivity (Wildman–Crippen MR) is 358 cm³/mol. The summed E-state index contributed by atoms with van der Waals surface area (Å²) in [5.41, 5.74) is 12.9. The number of hydrogen-bond donors (Lipinski definition) is 0. The number of aromatic nitrogens is 6. The smallest absolute Gasteiger partial charge is 0.164 e. The SMILES string of the molecule is c1cc(-c2nc(-c3ccc(-n4c5ccccc5c5ccc6c7ccccc7sc6c54)cc3)nc(-c3cccc(-n4c5ccccc5c5ccc6c7ccccc7sc6c54)c3)n2)cc(-n2c3ccccc3c3ccc4c5ccccc5sc4c32)c1. The van der Waals surface area contributed by atoms with Gasteiger partial charge in [-0.05, 0) is 84.9 Å². The van der Waals surface area contributed by atoms with Gasteiger partial charge < -0.3 is 13.7 Å². The zero-order valence-electron chi connectivity index (χ0n) is 44.7. The van der Waals surface area contributed by atoms with Gasteiger partial charge in [-0.15, -0.1) is 34.0 Å². The molecule has 0 aliphatic rings. The average Bonchev–Trinajstić information content (AvgIpc) is 2.74. The molecule has 7 aromatic heterocycles. The summed E-state index contributed by atoms with van der Waals surface area (Å²) in [5, 5.41) is 15.0. The molecule has 390 valence electrons. The van der Waals surface area contributed by atoms with Gasteiger partial charge in [0.05, 0.1) is 47.2 Å². The van der Waals surface area contributed by atoms with Gasteiger partial charge in [0.1, 0.15) is 0 Å². The number of thiophene rings is 3. The third-order valence-electron chi connectivity index (χ3n) is 17.3. The van der Waals surface area contributed by atoms with Crippen LogP contribution in [-0.2, 0) is 0 Å². The molecule has 0 amide bonds. The van der Waals surface area contributed by atoms with E-state index in [0.29, 0.717) is 17.5 Å². The zero-order chi connectivity index (χ0) is 54.7. The van der Waals surface area contributed by atoms with Crippen LogP contribution in [0.15, 0.2) is 255 Å². The number of rotatable bonds is 6. The highest BCUT2D eigenvalue weighted by Crippen LogP contribution is 2.47. The molecule has 0 N–H and O–H groups in total. The van der Waals surface area contributed by atoms with Gasteiger partial charge in [-0.3, -0.25) is 0 Å². The van der Waals surface area contributed by atoms with E-state index >= 15 is 0 Å². The number of para-hydroxylation sites is 3. The minimum atomic E-state index is 0.595. The van der Waals surface area contributed by atoms with Crippen molar-refractivity contribution in [1.29, 1.82) is 0 Å². The third-order valence-corrected chi connectivity index (χ3v) is 20.9. The largest absolute Gasteiger partial charge is 0.308 e. The molecule has 12 aromatic carbocycles. The summed E-state index contributed by atoms with van der Waals surface area (Å²) in [7, 11) is 0. The van der Waals surface area contributed by atoms with Crippen molar-refractivity contribution in [2.75, 3.05) is 0 Å². The van der Waals surface area contributed by atoms with E-state index in [1.54, 1.807) is 0 Å². The second-order valence-corrected chi connectivity index (χ2v) is 25.0. The van der Waals surface area contributed by atoms with E-state index in [1.165, 1.54) is 115 Å². The number of hydrogen-bond acceptors (Lipinski definition) is 6. The van der Waals surface area contributed by atoms with Gasteiger partial charge in [-0.1, -0.05) is 170 Å². The van der Waals surface area contributed by atoms with Crippen LogP contribution in [0.5, 0.6) is 0 Å². The van der Waals surface area contributed by atoms with Crippen LogP contribution in [0.4, 0.5) is 0 Å². The van der Waals surface area contributed by atoms with Crippen LogP contribution < -0.4 is 0 Å². The lowest BCUT2D eigenvalue weighted by Crippen LogP contribution is -2.02. The van der Waals surface area contributed by atoms with Gasteiger partial charge in [0.15, 0.2) is 17.5 Å². The lowest BCUT2D eigenvalue weighted by Gasteiger charge is -2.13. The summed E-state index contributed by atoms with van der Waals surface area (Å²) in [4.78, 5) is 16.4. The number of nitrogens with zero attached hydrogens (tertiary/aromatic N) is 6. The molecule has 0 aliphatic heterocycles. The molecular formula is C75H42N6S3. The van der Waals surface area contributed by atoms with Crippen molar-refractivity contribution in [2.24, 2.45) is 0 Å². The van der Waals surface area contributed by atoms with Crippen molar-refractivity contribution >= 4 is 160 Å². The molecule has 0 radical (unpaired) electrons. The second-order valence-electron chi connectivity index (χ2n) is 21.8. The first kappa shape index (κ1) is 46.3. The fraction of sp³-hybridized carbons (Fsp3) is 0. The molecule has 0 fully saturated rings. The molecule has 0 atom stereocenters. The van der Waals surface area contributed by atoms with Crippen molar-refractivity contribution in [3.05, 3.63) is 255 Å². The van der Waals surface area contributed by atoms with E-state index in [9.17, 15) is 0 Å². The standard InChI is InChI=1S/C75H42N6S3/c1-7-25-61-49(19-1)55-35-38-58-52-22-4-10-28-64(52)82-70(58)67(55)79(61)46-33-31-43(32-34-46)73-76-74(44-15-13-17-47(41-44)80-62-26-8-2-20-50(62)56-36-39-59-53-23-5-11-29-65(53)83-71(59)68(56)80)78-75(77-73)45-16-14-18-48(42-45)81-63-27-9-3-21-51(63)57-37-40-60-54-24-6-12-30-66(54)84-72(60)69(57)81/h1-42H. The van der Waals surface area contributed by atoms with Crippen LogP contribution in [0.1, 0.15) is 0 Å². The Hall–Kier alpha value is -10.3. The van der Waals surface area contributed by atoms with E-state index in [2.05, 4.69) is 268 Å². The Morgan fingerprint density at radius 1 is 0.226 bits per heavy atom. The van der Waals surface area contributed by atoms with Gasteiger partial charge in [0.2, 0.25) is 0 Å². The van der Waals surface area contributed by atoms with Crippen molar-refractivity contribution in [3.63, 3.8) is 0 Å². The average molecular weight is 1120 g/mol. The molecule has 6 nitrogen and oxygen atoms in total. The number of benzene rings is 12. The Kier molecular flexibility index (Phi) is 9.71. The monoisotopic (exact) mass is 1120 g/mol. The van der Waals surface area contributed by atoms with Gasteiger partial charge in [0.25, 0.3) is 0 Å². The molecule has 0 saturated heterocycles. The zero-order valence-corrected chi connectivity index (χ0v) is 47.1. The maximum absolute atomic E-state index is 5.48. The van der Waals surface area contributed by atoms with Crippen LogP contribution >= 0.6 is 34.0 Å². The summed E-state index contributed by atoms with van der Waals surface area (Å²) >= 11 is 5.59. The van der Waals surface area contributed by atoms with E-state index in [4.69, 9.17) is 15.0 Å². The van der Waals surface area contributed by atoms with Crippen molar-refractivity contribution < 1.29 is 0 Å². The molecule has 9 heteroatoms. The normalized spacial score (nSPS) is 12.3. The summed E-state index contributed by atoms with van der Waals surface area (Å²) in [5.74, 6) is 1.79. The highest BCUT2D eigenvalue weighted by Gasteiger charge is 2.23. The predicted octanol–water partition coefficient (Wildman–Crippen LogP) is 21.3. The Labute approximate surface area is 491 Å². The van der Waals surface area contributed by atoms with Gasteiger partial charge in [0, 0.05) is 112 Å². The molecule has 84 heavy (non-hydrogen) atoms. The molecule has 19 aromatic rings. The Bertz CT molecular complexity index is 5760. The molecule has 0 spiro atoms. The van der Waals surface area contributed by atoms with E-state index < -0.39 is 0 Å². The molecule has 19 rings (SSSR count). The molecule has 0 aliphatic carbocycles. The summed E-state index contributed by atoms with van der Waals surface area (Å²) in [6.45, 7) is 0. The third kappa shape index (κ3) is 6.62. The summed E-state index contributed by atoms with van der Waals surface area (Å²) in [6, 6.07) is 92.8. The fourth-order valence-electron chi connectivity index (χ4n) is 13.6. The minimum Gasteiger partial charge on any atom is -0.308 e. The Morgan fingerprint density at radius 2 is 0.548 bits per heavy atom. The summed E-state index contributed by atoms with van der Waals surface area (Å²) < 4.78 is 15.0. The van der Waals surface area contributed by atoms with E-state index in [0.717, 1.165) is 44.8 Å². The van der Waals surface area contributed by atoms with Crippen LogP contribution in [0.3, 0.4) is 0 Å².